The molecular formula is C9H12INO2. The number of hydrogen-bond donors (Lipinski definition) is 0. The van der Waals surface area contributed by atoms with E-state index in [-0.39, 0.29) is 6.10 Å². The number of rotatable bonds is 4. The molecule has 1 fully saturated rings. The van der Waals surface area contributed by atoms with Gasteiger partial charge in [-0.25, -0.2) is 0 Å². The van der Waals surface area contributed by atoms with Gasteiger partial charge in [0.05, 0.1) is 19.3 Å². The lowest BCUT2D eigenvalue weighted by Crippen LogP contribution is -2.51. The van der Waals surface area contributed by atoms with Crippen LogP contribution in [0.2, 0.25) is 0 Å². The molecule has 0 radical (unpaired) electrons. The van der Waals surface area contributed by atoms with Gasteiger partial charge in [0.25, 0.3) is 0 Å². The molecule has 0 aromatic rings. The number of halogens is 1. The smallest absolute Gasteiger partial charge is 0.131 e. The fourth-order valence-corrected chi connectivity index (χ4v) is 2.00. The van der Waals surface area contributed by atoms with E-state index in [1.807, 2.05) is 23.0 Å². The van der Waals surface area contributed by atoms with Crippen LogP contribution in [0.25, 0.3) is 0 Å². The van der Waals surface area contributed by atoms with E-state index in [0.717, 1.165) is 32.7 Å². The number of fused-ring (bicyclic) bond motifs is 2. The molecular weight excluding hydrogens is 281 g/mol. The van der Waals surface area contributed by atoms with Crippen molar-refractivity contribution in [1.82, 2.24) is 4.90 Å². The van der Waals surface area contributed by atoms with E-state index in [9.17, 15) is 0 Å². The zero-order valence-corrected chi connectivity index (χ0v) is 9.49. The lowest BCUT2D eigenvalue weighted by Gasteiger charge is -2.38. The molecule has 0 aromatic heterocycles. The summed E-state index contributed by atoms with van der Waals surface area (Å²) in [4.78, 5) is 2.39. The van der Waals surface area contributed by atoms with E-state index in [0.29, 0.717) is 6.04 Å². The number of hydrogen-bond acceptors (Lipinski definition) is 3. The minimum atomic E-state index is 0.158. The highest BCUT2D eigenvalue weighted by molar-refractivity contribution is 14.1. The van der Waals surface area contributed by atoms with E-state index in [1.165, 1.54) is 0 Å². The fourth-order valence-electron chi connectivity index (χ4n) is 1.68. The minimum absolute atomic E-state index is 0.158. The summed E-state index contributed by atoms with van der Waals surface area (Å²) in [5.41, 5.74) is 0. The second kappa shape index (κ2) is 4.60. The number of morpholine rings is 1. The Bertz CT molecular complexity index is 236. The average molecular weight is 293 g/mol. The van der Waals surface area contributed by atoms with Gasteiger partial charge in [0.1, 0.15) is 29.1 Å². The van der Waals surface area contributed by atoms with Gasteiger partial charge < -0.3 is 7.80 Å². The third-order valence-corrected chi connectivity index (χ3v) is 2.81. The molecule has 13 heavy (non-hydrogen) atoms. The summed E-state index contributed by atoms with van der Waals surface area (Å²) >= 11 is 1.93. The number of ether oxygens (including phenoxy) is 1. The molecule has 3 aliphatic heterocycles. The summed E-state index contributed by atoms with van der Waals surface area (Å²) in [5, 5.41) is 0. The Kier molecular flexibility index (Phi) is 3.44. The van der Waals surface area contributed by atoms with Crippen LogP contribution >= 0.6 is 23.0 Å². The molecule has 0 saturated carbocycles. The van der Waals surface area contributed by atoms with Gasteiger partial charge in [0.15, 0.2) is 0 Å². The van der Waals surface area contributed by atoms with Gasteiger partial charge in [-0.1, -0.05) is 11.8 Å². The van der Waals surface area contributed by atoms with E-state index in [4.69, 9.17) is 7.80 Å². The van der Waals surface area contributed by atoms with Crippen LogP contribution in [0.15, 0.2) is 0 Å². The molecule has 72 valence electrons. The fraction of sp³-hybridized carbons (Fsp3) is 0.778. The van der Waals surface area contributed by atoms with Crippen molar-refractivity contribution in [2.45, 2.75) is 18.6 Å². The second-order valence-corrected chi connectivity index (χ2v) is 3.91. The molecule has 0 amide bonds. The molecule has 0 N–H and O–H groups in total. The van der Waals surface area contributed by atoms with Gasteiger partial charge in [-0.3, -0.25) is 4.90 Å². The molecule has 2 atom stereocenters. The van der Waals surface area contributed by atoms with Gasteiger partial charge >= 0.3 is 0 Å². The zero-order valence-electron chi connectivity index (χ0n) is 7.33. The normalized spacial score (nSPS) is 31.5. The van der Waals surface area contributed by atoms with Crippen LogP contribution in [-0.2, 0) is 7.80 Å². The summed E-state index contributed by atoms with van der Waals surface area (Å²) in [6, 6.07) is 0.333. The maximum absolute atomic E-state index is 5.47. The van der Waals surface area contributed by atoms with Crippen LogP contribution < -0.4 is 0 Å². The van der Waals surface area contributed by atoms with E-state index >= 15 is 0 Å². The third-order valence-electron chi connectivity index (χ3n) is 2.37. The summed E-state index contributed by atoms with van der Waals surface area (Å²) in [7, 11) is 0. The van der Waals surface area contributed by atoms with Crippen LogP contribution in [0, 0.1) is 11.8 Å². The van der Waals surface area contributed by atoms with Gasteiger partial charge in [-0.05, 0) is 6.42 Å². The summed E-state index contributed by atoms with van der Waals surface area (Å²) < 4.78 is 10.5. The van der Waals surface area contributed by atoms with Crippen LogP contribution in [0.1, 0.15) is 6.42 Å². The lowest BCUT2D eigenvalue weighted by atomic mass is 10.1. The highest BCUT2D eigenvalue weighted by Gasteiger charge is 2.29. The van der Waals surface area contributed by atoms with Crippen molar-refractivity contribution in [3.8, 4) is 11.8 Å². The molecule has 3 rings (SSSR count). The molecule has 3 nitrogen and oxygen atoms in total. The SMILES string of the molecule is IOCCCN1C[C@H]2C#C[C@@H]1CO2. The van der Waals surface area contributed by atoms with Gasteiger partial charge in [-0.15, -0.1) is 0 Å². The van der Waals surface area contributed by atoms with Gasteiger partial charge in [-0.2, -0.15) is 0 Å². The first kappa shape index (κ1) is 9.71. The van der Waals surface area contributed by atoms with E-state index < -0.39 is 0 Å². The third kappa shape index (κ3) is 2.34. The van der Waals surface area contributed by atoms with Crippen molar-refractivity contribution in [2.75, 3.05) is 26.3 Å². The van der Waals surface area contributed by atoms with Gasteiger partial charge in [0.2, 0.25) is 0 Å². The molecule has 4 heteroatoms. The Morgan fingerprint density at radius 3 is 3.00 bits per heavy atom. The summed E-state index contributed by atoms with van der Waals surface area (Å²) in [6.45, 7) is 3.65. The molecule has 0 aromatic carbocycles. The highest BCUT2D eigenvalue weighted by atomic mass is 127. The maximum Gasteiger partial charge on any atom is 0.131 e. The minimum Gasteiger partial charge on any atom is -0.362 e. The molecule has 2 bridgehead atoms. The van der Waals surface area contributed by atoms with Crippen LogP contribution in [0.4, 0.5) is 0 Å². The first-order valence-corrected chi connectivity index (χ1v) is 5.38. The second-order valence-electron chi connectivity index (χ2n) is 3.29. The topological polar surface area (TPSA) is 21.7 Å². The molecule has 3 heterocycles. The van der Waals surface area contributed by atoms with Crippen molar-refractivity contribution >= 4 is 23.0 Å². The Hall–Kier alpha value is 0.170. The molecule has 0 spiro atoms. The first-order valence-electron chi connectivity index (χ1n) is 4.50. The Morgan fingerprint density at radius 1 is 1.54 bits per heavy atom. The predicted molar refractivity (Wildman–Crippen MR) is 57.5 cm³/mol. The van der Waals surface area contributed by atoms with Crippen molar-refractivity contribution in [3.63, 3.8) is 0 Å². The maximum atomic E-state index is 5.47. The quantitative estimate of drug-likeness (QED) is 0.435. The predicted octanol–water partition coefficient (Wildman–Crippen LogP) is 0.830. The molecule has 3 aliphatic rings. The molecule has 1 saturated heterocycles. The zero-order chi connectivity index (χ0) is 9.10. The largest absolute Gasteiger partial charge is 0.362 e. The van der Waals surface area contributed by atoms with Crippen molar-refractivity contribution in [1.29, 1.82) is 0 Å². The Labute approximate surface area is 92.4 Å². The highest BCUT2D eigenvalue weighted by Crippen LogP contribution is 2.15. The molecule has 0 aliphatic carbocycles. The van der Waals surface area contributed by atoms with E-state index in [2.05, 4.69) is 16.7 Å². The Morgan fingerprint density at radius 2 is 2.46 bits per heavy atom. The van der Waals surface area contributed by atoms with Crippen molar-refractivity contribution in [2.24, 2.45) is 0 Å². The Balaban J connectivity index is 1.80. The lowest BCUT2D eigenvalue weighted by molar-refractivity contribution is -0.0289. The average Bonchev–Trinajstić information content (AvgIpc) is 2.20. The van der Waals surface area contributed by atoms with Gasteiger partial charge in [0, 0.05) is 13.1 Å². The van der Waals surface area contributed by atoms with Crippen LogP contribution in [0.5, 0.6) is 0 Å². The number of nitrogens with zero attached hydrogens (tertiary/aromatic N) is 1. The van der Waals surface area contributed by atoms with Crippen LogP contribution in [-0.4, -0.2) is 43.3 Å². The van der Waals surface area contributed by atoms with E-state index in [1.54, 1.807) is 0 Å². The summed E-state index contributed by atoms with van der Waals surface area (Å²) in [5.74, 6) is 6.30. The van der Waals surface area contributed by atoms with Crippen LogP contribution in [0.3, 0.4) is 0 Å². The van der Waals surface area contributed by atoms with Crippen molar-refractivity contribution < 1.29 is 7.80 Å². The summed E-state index contributed by atoms with van der Waals surface area (Å²) in [6.07, 6.45) is 1.24. The molecule has 0 unspecified atom stereocenters. The monoisotopic (exact) mass is 293 g/mol. The van der Waals surface area contributed by atoms with Crippen molar-refractivity contribution in [3.05, 3.63) is 0 Å². The standard InChI is InChI=1S/C9H12INO2/c10-13-5-1-4-11-6-9-3-2-8(11)7-12-9/h8-9H,1,4-7H2/t8-,9-/m1/s1. The first-order chi connectivity index (χ1) is 6.40.